The molecule has 8 nitrogen and oxygen atoms in total. The summed E-state index contributed by atoms with van der Waals surface area (Å²) in [5, 5.41) is 19.0. The van der Waals surface area contributed by atoms with Crippen LogP contribution in [0, 0.1) is 6.92 Å². The van der Waals surface area contributed by atoms with Gasteiger partial charge in [-0.2, -0.15) is 10.2 Å². The lowest BCUT2D eigenvalue weighted by atomic mass is 9.97. The monoisotopic (exact) mass is 610 g/mol. The van der Waals surface area contributed by atoms with Crippen molar-refractivity contribution in [1.82, 2.24) is 35.0 Å². The number of hydrogen-bond acceptors (Lipinski definition) is 6. The van der Waals surface area contributed by atoms with Crippen molar-refractivity contribution in [1.29, 1.82) is 0 Å². The van der Waals surface area contributed by atoms with Gasteiger partial charge in [-0.25, -0.2) is 4.52 Å². The molecular formula is C37H54N8. The van der Waals surface area contributed by atoms with Gasteiger partial charge in [0.05, 0.1) is 29.6 Å². The first kappa shape index (κ1) is 35.5. The minimum Gasteiger partial charge on any atom is -0.353 e. The summed E-state index contributed by atoms with van der Waals surface area (Å²) in [6, 6.07) is 7.40. The molecule has 5 heterocycles. The smallest absolute Gasteiger partial charge is 0.0770 e. The predicted molar refractivity (Wildman–Crippen MR) is 192 cm³/mol. The van der Waals surface area contributed by atoms with Crippen molar-refractivity contribution < 1.29 is 0 Å². The molecule has 4 aromatic rings. The molecule has 8 heteroatoms. The summed E-state index contributed by atoms with van der Waals surface area (Å²) >= 11 is 0. The van der Waals surface area contributed by atoms with Crippen LogP contribution in [0.5, 0.6) is 0 Å². The fourth-order valence-corrected chi connectivity index (χ4v) is 5.55. The van der Waals surface area contributed by atoms with Crippen molar-refractivity contribution in [2.24, 2.45) is 0 Å². The van der Waals surface area contributed by atoms with E-state index in [1.807, 2.05) is 62.2 Å². The number of piperidine rings is 1. The molecule has 0 atom stereocenters. The van der Waals surface area contributed by atoms with E-state index in [0.29, 0.717) is 6.04 Å². The summed E-state index contributed by atoms with van der Waals surface area (Å²) in [5.74, 6) is 0. The average Bonchev–Trinajstić information content (AvgIpc) is 3.73. The molecule has 0 aromatic carbocycles. The van der Waals surface area contributed by atoms with Crippen LogP contribution in [0.4, 0.5) is 5.69 Å². The number of hydrogen-bond donors (Lipinski definition) is 3. The Morgan fingerprint density at radius 2 is 1.76 bits per heavy atom. The van der Waals surface area contributed by atoms with E-state index >= 15 is 0 Å². The highest BCUT2D eigenvalue weighted by molar-refractivity contribution is 5.84. The van der Waals surface area contributed by atoms with E-state index < -0.39 is 0 Å². The van der Waals surface area contributed by atoms with Gasteiger partial charge in [-0.3, -0.25) is 9.67 Å². The van der Waals surface area contributed by atoms with Crippen molar-refractivity contribution in [3.63, 3.8) is 0 Å². The number of nitrogens with zero attached hydrogens (tertiary/aromatic N) is 5. The van der Waals surface area contributed by atoms with Crippen LogP contribution in [-0.4, -0.2) is 50.6 Å². The molecule has 0 unspecified atom stereocenters. The highest BCUT2D eigenvalue weighted by atomic mass is 15.3. The second-order valence-electron chi connectivity index (χ2n) is 11.2. The number of fused-ring (bicyclic) bond motifs is 1. The van der Waals surface area contributed by atoms with Gasteiger partial charge in [0.2, 0.25) is 0 Å². The highest BCUT2D eigenvalue weighted by Gasteiger charge is 2.16. The number of aromatic nitrogens is 5. The Bertz CT molecular complexity index is 1520. The number of nitrogens with one attached hydrogen (secondary N) is 3. The van der Waals surface area contributed by atoms with Gasteiger partial charge in [-0.05, 0) is 82.1 Å². The van der Waals surface area contributed by atoms with Gasteiger partial charge < -0.3 is 16.0 Å². The molecule has 4 aromatic heterocycles. The third-order valence-electron chi connectivity index (χ3n) is 8.14. The fourth-order valence-electron chi connectivity index (χ4n) is 5.55. The number of anilines is 1. The Morgan fingerprint density at radius 1 is 1.04 bits per heavy atom. The Kier molecular flexibility index (Phi) is 14.2. The van der Waals surface area contributed by atoms with Gasteiger partial charge in [0.25, 0.3) is 0 Å². The summed E-state index contributed by atoms with van der Waals surface area (Å²) < 4.78 is 3.90. The Balaban J connectivity index is 0.000000435. The summed E-state index contributed by atoms with van der Waals surface area (Å²) in [6.07, 6.45) is 18.7. The van der Waals surface area contributed by atoms with Crippen LogP contribution in [0.1, 0.15) is 100 Å². The number of pyridine rings is 2. The molecule has 0 spiro atoms. The second-order valence-corrected chi connectivity index (χ2v) is 11.2. The van der Waals surface area contributed by atoms with Gasteiger partial charge >= 0.3 is 0 Å². The van der Waals surface area contributed by atoms with Gasteiger partial charge in [-0.1, -0.05) is 66.3 Å². The molecule has 1 fully saturated rings. The van der Waals surface area contributed by atoms with Gasteiger partial charge in [-0.15, -0.1) is 0 Å². The molecule has 1 aliphatic heterocycles. The van der Waals surface area contributed by atoms with E-state index in [-0.39, 0.29) is 0 Å². The van der Waals surface area contributed by atoms with E-state index in [1.54, 1.807) is 0 Å². The Labute approximate surface area is 270 Å². The van der Waals surface area contributed by atoms with E-state index in [0.717, 1.165) is 82.4 Å². The van der Waals surface area contributed by atoms with Crippen LogP contribution in [0.25, 0.3) is 22.9 Å². The first-order valence-electron chi connectivity index (χ1n) is 16.5. The molecule has 0 radical (unpaired) electrons. The highest BCUT2D eigenvalue weighted by Crippen LogP contribution is 2.28. The second kappa shape index (κ2) is 18.1. The maximum absolute atomic E-state index is 4.63. The van der Waals surface area contributed by atoms with Crippen LogP contribution in [0.3, 0.4) is 0 Å². The summed E-state index contributed by atoms with van der Waals surface area (Å²) in [6.45, 7) is 25.0. The van der Waals surface area contributed by atoms with E-state index in [9.17, 15) is 0 Å². The minimum atomic E-state index is 0.441. The molecule has 1 saturated heterocycles. The summed E-state index contributed by atoms with van der Waals surface area (Å²) in [5.41, 5.74) is 8.39. The molecule has 0 aliphatic carbocycles. The largest absolute Gasteiger partial charge is 0.353 e. The Hall–Kier alpha value is -4.01. The van der Waals surface area contributed by atoms with Crippen molar-refractivity contribution in [3.05, 3.63) is 96.9 Å². The average molecular weight is 611 g/mol. The zero-order valence-corrected chi connectivity index (χ0v) is 28.4. The van der Waals surface area contributed by atoms with Crippen LogP contribution in [0.2, 0.25) is 0 Å². The molecule has 242 valence electrons. The quantitative estimate of drug-likeness (QED) is 0.150. The van der Waals surface area contributed by atoms with Crippen molar-refractivity contribution in [2.45, 2.75) is 85.2 Å². The lowest BCUT2D eigenvalue weighted by Crippen LogP contribution is -2.29. The minimum absolute atomic E-state index is 0.441. The van der Waals surface area contributed by atoms with Crippen LogP contribution < -0.4 is 16.0 Å². The fraction of sp³-hybridized carbons (Fsp3) is 0.432. The Morgan fingerprint density at radius 3 is 2.40 bits per heavy atom. The standard InChI is InChI=1S/C27H29N7.C8H19N.C2H6/c1-5-21-15-30-33-11-8-22(13-27(21)33)18(2)26-12-23(14-29-20(26)4)19(3)32-24-16-31-34(17-24)25-6-9-28-10-7-25;1-4-6-8(9-3)7-5-2;1-2/h5,8,11-17,25,28,32H,1-3,6-7,9-10H2,4H3;8-9H,4-7H2,1-3H3;1-2H3. The zero-order chi connectivity index (χ0) is 32.8. The third-order valence-corrected chi connectivity index (χ3v) is 8.14. The van der Waals surface area contributed by atoms with Crippen LogP contribution >= 0.6 is 0 Å². The molecule has 3 N–H and O–H groups in total. The normalized spacial score (nSPS) is 13.0. The summed E-state index contributed by atoms with van der Waals surface area (Å²) in [7, 11) is 2.05. The molecule has 0 amide bonds. The first-order valence-corrected chi connectivity index (χ1v) is 16.5. The van der Waals surface area contributed by atoms with E-state index in [4.69, 9.17) is 0 Å². The number of aryl methyl sites for hydroxylation is 1. The van der Waals surface area contributed by atoms with Crippen molar-refractivity contribution in [2.75, 3.05) is 25.5 Å². The summed E-state index contributed by atoms with van der Waals surface area (Å²) in [4.78, 5) is 4.63. The molecular weight excluding hydrogens is 556 g/mol. The van der Waals surface area contributed by atoms with Gasteiger partial charge in [0.15, 0.2) is 0 Å². The maximum Gasteiger partial charge on any atom is 0.0770 e. The molecule has 0 bridgehead atoms. The lowest BCUT2D eigenvalue weighted by molar-refractivity contribution is 0.343. The SMILES string of the molecule is C=Cc1cnn2ccc(C(=C)c3cc(C(=C)Nc4cnn(C5CCNCC5)c4)cnc3C)cc12.CC.CCCC(CCC)NC. The zero-order valence-electron chi connectivity index (χ0n) is 28.4. The predicted octanol–water partition coefficient (Wildman–Crippen LogP) is 8.15. The molecule has 45 heavy (non-hydrogen) atoms. The van der Waals surface area contributed by atoms with Crippen LogP contribution in [0.15, 0.2) is 68.9 Å². The van der Waals surface area contributed by atoms with Crippen molar-refractivity contribution in [3.8, 4) is 0 Å². The molecule has 0 saturated carbocycles. The maximum atomic E-state index is 4.63. The third kappa shape index (κ3) is 9.49. The van der Waals surface area contributed by atoms with E-state index in [2.05, 4.69) is 94.8 Å². The number of rotatable bonds is 12. The van der Waals surface area contributed by atoms with Gasteiger partial charge in [0, 0.05) is 52.7 Å². The van der Waals surface area contributed by atoms with Crippen molar-refractivity contribution >= 4 is 28.6 Å². The van der Waals surface area contributed by atoms with E-state index in [1.165, 1.54) is 25.7 Å². The lowest BCUT2D eigenvalue weighted by Gasteiger charge is -2.22. The molecule has 1 aliphatic rings. The first-order chi connectivity index (χ1) is 21.9. The van der Waals surface area contributed by atoms with Gasteiger partial charge in [0.1, 0.15) is 0 Å². The topological polar surface area (TPSA) is 84.1 Å². The molecule has 5 rings (SSSR count). The van der Waals surface area contributed by atoms with Crippen LogP contribution in [-0.2, 0) is 0 Å².